The lowest BCUT2D eigenvalue weighted by Gasteiger charge is -2.38. The predicted molar refractivity (Wildman–Crippen MR) is 125 cm³/mol. The van der Waals surface area contributed by atoms with Gasteiger partial charge in [-0.3, -0.25) is 4.79 Å². The van der Waals surface area contributed by atoms with Crippen molar-refractivity contribution < 1.29 is 4.79 Å². The van der Waals surface area contributed by atoms with Gasteiger partial charge in [0.2, 0.25) is 5.91 Å². The lowest BCUT2D eigenvalue weighted by molar-refractivity contribution is -0.133. The number of nitrogens with one attached hydrogen (secondary N) is 1. The zero-order chi connectivity index (χ0) is 22.0. The molecule has 1 amide bonds. The molecule has 1 aliphatic carbocycles. The van der Waals surface area contributed by atoms with Crippen LogP contribution in [0.4, 0.5) is 5.82 Å². The molecule has 2 heterocycles. The molecule has 1 saturated heterocycles. The highest BCUT2D eigenvalue weighted by atomic mass is 16.2. The van der Waals surface area contributed by atoms with E-state index in [1.54, 1.807) is 6.33 Å². The van der Waals surface area contributed by atoms with Gasteiger partial charge in [-0.1, -0.05) is 50.6 Å². The van der Waals surface area contributed by atoms with Crippen molar-refractivity contribution >= 4 is 11.7 Å². The summed E-state index contributed by atoms with van der Waals surface area (Å²) in [4.78, 5) is 27.0. The molecule has 1 aromatic heterocycles. The van der Waals surface area contributed by atoms with Gasteiger partial charge in [0.15, 0.2) is 0 Å². The van der Waals surface area contributed by atoms with Crippen LogP contribution in [0.1, 0.15) is 61.4 Å². The molecule has 0 spiro atoms. The number of piperazine rings is 1. The van der Waals surface area contributed by atoms with Crippen LogP contribution in [0.25, 0.3) is 0 Å². The van der Waals surface area contributed by atoms with Crippen LogP contribution in [0.5, 0.6) is 0 Å². The summed E-state index contributed by atoms with van der Waals surface area (Å²) in [6, 6.07) is 8.74. The number of anilines is 1. The summed E-state index contributed by atoms with van der Waals surface area (Å²) in [6.45, 7) is 12.4. The molecule has 2 atom stereocenters. The molecule has 2 aliphatic rings. The van der Waals surface area contributed by atoms with E-state index in [-0.39, 0.29) is 11.8 Å². The molecule has 1 aliphatic heterocycles. The topological polar surface area (TPSA) is 61.4 Å². The number of nitrogens with zero attached hydrogens (tertiary/aromatic N) is 4. The number of amides is 1. The summed E-state index contributed by atoms with van der Waals surface area (Å²) in [6.07, 6.45) is 3.90. The fraction of sp³-hybridized carbons (Fsp3) is 0.560. The number of hydrogen-bond donors (Lipinski definition) is 1. The molecule has 0 saturated carbocycles. The Labute approximate surface area is 186 Å². The van der Waals surface area contributed by atoms with E-state index < -0.39 is 0 Å². The lowest BCUT2D eigenvalue weighted by Crippen LogP contribution is -2.51. The summed E-state index contributed by atoms with van der Waals surface area (Å²) in [5.74, 6) is 1.66. The van der Waals surface area contributed by atoms with Gasteiger partial charge in [0.05, 0.1) is 5.92 Å². The highest BCUT2D eigenvalue weighted by Crippen LogP contribution is 2.37. The molecular weight excluding hydrogens is 386 g/mol. The number of fused-ring (bicyclic) bond motifs is 1. The Bertz CT molecular complexity index is 903. The van der Waals surface area contributed by atoms with Crippen molar-refractivity contribution in [2.24, 2.45) is 0 Å². The molecule has 2 aromatic rings. The minimum Gasteiger partial charge on any atom is -0.353 e. The fourth-order valence-corrected chi connectivity index (χ4v) is 4.73. The maximum atomic E-state index is 13.5. The second-order valence-electron chi connectivity index (χ2n) is 9.34. The number of benzene rings is 1. The average molecular weight is 422 g/mol. The smallest absolute Gasteiger partial charge is 0.231 e. The number of rotatable bonds is 6. The van der Waals surface area contributed by atoms with Gasteiger partial charge in [-0.15, -0.1) is 0 Å². The molecule has 4 rings (SSSR count). The molecule has 1 unspecified atom stereocenters. The van der Waals surface area contributed by atoms with Crippen LogP contribution in [-0.2, 0) is 11.2 Å². The van der Waals surface area contributed by atoms with Crippen molar-refractivity contribution in [3.05, 3.63) is 53.0 Å². The lowest BCUT2D eigenvalue weighted by atomic mass is 9.95. The summed E-state index contributed by atoms with van der Waals surface area (Å²) < 4.78 is 0. The number of aryl methyl sites for hydroxylation is 2. The number of hydrogen-bond acceptors (Lipinski definition) is 5. The molecule has 6 heteroatoms. The van der Waals surface area contributed by atoms with E-state index in [1.807, 2.05) is 4.90 Å². The average Bonchev–Trinajstić information content (AvgIpc) is 3.16. The standard InChI is InChI=1S/C25H35N5O/c1-17(2)26-15-21(20-8-5-18(3)6-9-20)25(31)30-13-11-29(12-14-30)24-23-19(4)7-10-22(23)27-16-28-24/h5-6,8-9,16-17,19,21,26H,7,10-15H2,1-4H3/t19-,21?/m1/s1. The first kappa shape index (κ1) is 21.8. The van der Waals surface area contributed by atoms with Gasteiger partial charge < -0.3 is 15.1 Å². The third-order valence-corrected chi connectivity index (χ3v) is 6.65. The zero-order valence-corrected chi connectivity index (χ0v) is 19.3. The highest BCUT2D eigenvalue weighted by molar-refractivity contribution is 5.84. The van der Waals surface area contributed by atoms with E-state index >= 15 is 0 Å². The maximum Gasteiger partial charge on any atom is 0.231 e. The summed E-state index contributed by atoms with van der Waals surface area (Å²) >= 11 is 0. The van der Waals surface area contributed by atoms with E-state index in [2.05, 4.69) is 72.1 Å². The molecule has 6 nitrogen and oxygen atoms in total. The molecule has 0 radical (unpaired) electrons. The number of carbonyl (C=O) groups is 1. The maximum absolute atomic E-state index is 13.5. The molecule has 1 fully saturated rings. The first-order valence-corrected chi connectivity index (χ1v) is 11.6. The number of aromatic nitrogens is 2. The molecule has 31 heavy (non-hydrogen) atoms. The van der Waals surface area contributed by atoms with Crippen LogP contribution in [0.3, 0.4) is 0 Å². The van der Waals surface area contributed by atoms with Crippen molar-refractivity contribution in [2.75, 3.05) is 37.6 Å². The van der Waals surface area contributed by atoms with Crippen LogP contribution in [0.2, 0.25) is 0 Å². The third kappa shape index (κ3) is 4.74. The Morgan fingerprint density at radius 3 is 2.52 bits per heavy atom. The van der Waals surface area contributed by atoms with Crippen molar-refractivity contribution in [2.45, 2.75) is 58.4 Å². The third-order valence-electron chi connectivity index (χ3n) is 6.65. The van der Waals surface area contributed by atoms with Crippen LogP contribution < -0.4 is 10.2 Å². The summed E-state index contributed by atoms with van der Waals surface area (Å²) in [5, 5.41) is 3.47. The molecule has 0 bridgehead atoms. The first-order chi connectivity index (χ1) is 14.9. The SMILES string of the molecule is Cc1ccc(C(CNC(C)C)C(=O)N2CCN(c3ncnc4c3[C@H](C)CC4)CC2)cc1. The van der Waals surface area contributed by atoms with E-state index in [9.17, 15) is 4.79 Å². The summed E-state index contributed by atoms with van der Waals surface area (Å²) in [7, 11) is 0. The quantitative estimate of drug-likeness (QED) is 0.776. The second kappa shape index (κ2) is 9.35. The normalized spacial score (nSPS) is 19.6. The van der Waals surface area contributed by atoms with Crippen molar-refractivity contribution in [1.82, 2.24) is 20.2 Å². The van der Waals surface area contributed by atoms with Gasteiger partial charge >= 0.3 is 0 Å². The van der Waals surface area contributed by atoms with Crippen molar-refractivity contribution in [1.29, 1.82) is 0 Å². The zero-order valence-electron chi connectivity index (χ0n) is 19.3. The van der Waals surface area contributed by atoms with Gasteiger partial charge in [-0.25, -0.2) is 9.97 Å². The predicted octanol–water partition coefficient (Wildman–Crippen LogP) is 3.27. The van der Waals surface area contributed by atoms with E-state index in [4.69, 9.17) is 0 Å². The van der Waals surface area contributed by atoms with Crippen LogP contribution in [0.15, 0.2) is 30.6 Å². The minimum absolute atomic E-state index is 0.155. The van der Waals surface area contributed by atoms with Gasteiger partial charge in [0.25, 0.3) is 0 Å². The first-order valence-electron chi connectivity index (χ1n) is 11.6. The van der Waals surface area contributed by atoms with Gasteiger partial charge in [-0.2, -0.15) is 0 Å². The molecular formula is C25H35N5O. The Hall–Kier alpha value is -2.47. The van der Waals surface area contributed by atoms with Gasteiger partial charge in [0.1, 0.15) is 12.1 Å². The highest BCUT2D eigenvalue weighted by Gasteiger charge is 2.32. The molecule has 166 valence electrons. The van der Waals surface area contributed by atoms with Gasteiger partial charge in [-0.05, 0) is 31.2 Å². The van der Waals surface area contributed by atoms with E-state index in [0.717, 1.165) is 50.4 Å². The van der Waals surface area contributed by atoms with Crippen LogP contribution in [0, 0.1) is 6.92 Å². The Balaban J connectivity index is 1.46. The van der Waals surface area contributed by atoms with Gasteiger partial charge in [0, 0.05) is 50.0 Å². The second-order valence-corrected chi connectivity index (χ2v) is 9.34. The molecule has 1 aromatic carbocycles. The van der Waals surface area contributed by atoms with Crippen molar-refractivity contribution in [3.8, 4) is 0 Å². The van der Waals surface area contributed by atoms with E-state index in [1.165, 1.54) is 16.8 Å². The van der Waals surface area contributed by atoms with Crippen molar-refractivity contribution in [3.63, 3.8) is 0 Å². The molecule has 1 N–H and O–H groups in total. The van der Waals surface area contributed by atoms with Crippen LogP contribution in [-0.4, -0.2) is 59.5 Å². The Morgan fingerprint density at radius 1 is 1.13 bits per heavy atom. The fourth-order valence-electron chi connectivity index (χ4n) is 4.73. The largest absolute Gasteiger partial charge is 0.353 e. The monoisotopic (exact) mass is 421 g/mol. The Kier molecular flexibility index (Phi) is 6.56. The Morgan fingerprint density at radius 2 is 1.84 bits per heavy atom. The summed E-state index contributed by atoms with van der Waals surface area (Å²) in [5.41, 5.74) is 4.83. The number of carbonyl (C=O) groups excluding carboxylic acids is 1. The van der Waals surface area contributed by atoms with E-state index in [0.29, 0.717) is 18.5 Å². The minimum atomic E-state index is -0.155. The van der Waals surface area contributed by atoms with Crippen LogP contribution >= 0.6 is 0 Å².